The topological polar surface area (TPSA) is 42.4 Å². The highest BCUT2D eigenvalue weighted by molar-refractivity contribution is 7.11. The van der Waals surface area contributed by atoms with Gasteiger partial charge in [0.05, 0.1) is 12.3 Å². The molecule has 0 radical (unpaired) electrons. The monoisotopic (exact) mass is 383 g/mol. The van der Waals surface area contributed by atoms with Crippen LogP contribution >= 0.6 is 11.3 Å². The first-order valence-corrected chi connectivity index (χ1v) is 11.2. The van der Waals surface area contributed by atoms with Crippen molar-refractivity contribution in [1.29, 1.82) is 0 Å². The van der Waals surface area contributed by atoms with Gasteiger partial charge < -0.3 is 9.53 Å². The first kappa shape index (κ1) is 21.6. The van der Waals surface area contributed by atoms with Crippen molar-refractivity contribution in [3.05, 3.63) is 15.6 Å². The maximum atomic E-state index is 12.8. The molecule has 0 aromatic carbocycles. The number of aromatic nitrogens is 1. The van der Waals surface area contributed by atoms with Gasteiger partial charge in [0.2, 0.25) is 0 Å². The third-order valence-electron chi connectivity index (χ3n) is 4.56. The molecule has 8 heteroatoms. The molecular formula is C16H28F3NO2SSi. The molecule has 1 N–H and O–H groups in total. The number of halogens is 3. The second-order valence-corrected chi connectivity index (χ2v) is 13.5. The molecule has 0 atom stereocenters. The summed E-state index contributed by atoms with van der Waals surface area (Å²) in [6.07, 6.45) is -4.12. The predicted molar refractivity (Wildman–Crippen MR) is 93.7 cm³/mol. The highest BCUT2D eigenvalue weighted by Crippen LogP contribution is 2.42. The lowest BCUT2D eigenvalue weighted by atomic mass is 10.3. The number of rotatable bonds is 8. The van der Waals surface area contributed by atoms with Crippen LogP contribution in [-0.4, -0.2) is 25.0 Å². The lowest BCUT2D eigenvalue weighted by Gasteiger charge is -2.42. The summed E-state index contributed by atoms with van der Waals surface area (Å²) in [5.41, 5.74) is 1.37. The quantitative estimate of drug-likeness (QED) is 0.612. The zero-order valence-electron chi connectivity index (χ0n) is 15.2. The third-order valence-corrected chi connectivity index (χ3v) is 11.9. The van der Waals surface area contributed by atoms with Crippen molar-refractivity contribution in [2.45, 2.75) is 77.4 Å². The largest absolute Gasteiger partial charge is 0.443 e. The minimum Gasteiger partial charge on any atom is -0.416 e. The van der Waals surface area contributed by atoms with Gasteiger partial charge in [0, 0.05) is 17.9 Å². The smallest absolute Gasteiger partial charge is 0.416 e. The summed E-state index contributed by atoms with van der Waals surface area (Å²) >= 11 is 0.606. The molecule has 24 heavy (non-hydrogen) atoms. The summed E-state index contributed by atoms with van der Waals surface area (Å²) < 4.78 is 44.7. The van der Waals surface area contributed by atoms with Crippen LogP contribution in [0.5, 0.6) is 0 Å². The number of aliphatic hydroxyl groups excluding tert-OH is 1. The minimum atomic E-state index is -4.47. The van der Waals surface area contributed by atoms with Gasteiger partial charge in [0.1, 0.15) is 0 Å². The number of hydrogen-bond donors (Lipinski definition) is 1. The van der Waals surface area contributed by atoms with Crippen molar-refractivity contribution >= 4 is 19.7 Å². The van der Waals surface area contributed by atoms with Gasteiger partial charge in [0.25, 0.3) is 0 Å². The van der Waals surface area contributed by atoms with Gasteiger partial charge in [-0.3, -0.25) is 0 Å². The summed E-state index contributed by atoms with van der Waals surface area (Å²) in [7, 11) is -2.04. The Bertz CT molecular complexity index is 508. The van der Waals surface area contributed by atoms with Gasteiger partial charge in [-0.1, -0.05) is 41.5 Å². The first-order valence-electron chi connectivity index (χ1n) is 8.27. The molecule has 0 aliphatic heterocycles. The van der Waals surface area contributed by atoms with Crippen LogP contribution in [0.2, 0.25) is 16.6 Å². The van der Waals surface area contributed by atoms with Crippen LogP contribution in [0, 0.1) is 0 Å². The highest BCUT2D eigenvalue weighted by Gasteiger charge is 2.45. The SMILES string of the molecule is CC(C)[Si](OCCc1sc(C(F)(F)F)nc1CO)(C(C)C)C(C)C. The Morgan fingerprint density at radius 2 is 1.58 bits per heavy atom. The van der Waals surface area contributed by atoms with Crippen LogP contribution in [0.3, 0.4) is 0 Å². The molecule has 1 aromatic heterocycles. The Hall–Kier alpha value is -0.443. The molecule has 0 aliphatic rings. The summed E-state index contributed by atoms with van der Waals surface area (Å²) in [5.74, 6) is 0. The Kier molecular flexibility index (Phi) is 7.46. The zero-order chi connectivity index (χ0) is 18.7. The van der Waals surface area contributed by atoms with Gasteiger partial charge in [0.15, 0.2) is 13.3 Å². The van der Waals surface area contributed by atoms with Gasteiger partial charge in [-0.25, -0.2) is 4.98 Å². The molecule has 1 rings (SSSR count). The van der Waals surface area contributed by atoms with Crippen LogP contribution in [-0.2, 0) is 23.6 Å². The van der Waals surface area contributed by atoms with E-state index in [0.717, 1.165) is 0 Å². The fourth-order valence-electron chi connectivity index (χ4n) is 3.64. The number of hydrogen-bond acceptors (Lipinski definition) is 4. The van der Waals surface area contributed by atoms with Crippen molar-refractivity contribution < 1.29 is 22.7 Å². The van der Waals surface area contributed by atoms with Crippen LogP contribution in [0.15, 0.2) is 0 Å². The molecular weight excluding hydrogens is 355 g/mol. The Morgan fingerprint density at radius 1 is 1.08 bits per heavy atom. The average Bonchev–Trinajstić information content (AvgIpc) is 2.85. The molecule has 1 heterocycles. The molecule has 3 nitrogen and oxygen atoms in total. The van der Waals surface area contributed by atoms with E-state index in [2.05, 4.69) is 46.5 Å². The number of thiazole rings is 1. The third kappa shape index (κ3) is 4.59. The van der Waals surface area contributed by atoms with Gasteiger partial charge in [-0.15, -0.1) is 11.3 Å². The predicted octanol–water partition coefficient (Wildman–Crippen LogP) is 5.39. The van der Waals surface area contributed by atoms with E-state index in [1.54, 1.807) is 0 Å². The van der Waals surface area contributed by atoms with E-state index in [9.17, 15) is 18.3 Å². The molecule has 0 saturated carbocycles. The summed E-state index contributed by atoms with van der Waals surface area (Å²) in [4.78, 5) is 3.98. The Balaban J connectivity index is 2.91. The van der Waals surface area contributed by atoms with E-state index in [1.807, 2.05) is 0 Å². The molecule has 0 saturated heterocycles. The molecule has 0 fully saturated rings. The van der Waals surface area contributed by atoms with E-state index < -0.39 is 26.1 Å². The van der Waals surface area contributed by atoms with Crippen LogP contribution in [0.25, 0.3) is 0 Å². The van der Waals surface area contributed by atoms with E-state index in [-0.39, 0.29) is 5.69 Å². The van der Waals surface area contributed by atoms with E-state index in [4.69, 9.17) is 4.43 Å². The summed E-state index contributed by atoms with van der Waals surface area (Å²) in [6.45, 7) is 12.9. The molecule has 1 aromatic rings. The number of aliphatic hydroxyl groups is 1. The number of alkyl halides is 3. The van der Waals surface area contributed by atoms with Gasteiger partial charge in [-0.2, -0.15) is 13.2 Å². The Labute approximate surface area is 147 Å². The maximum absolute atomic E-state index is 12.8. The lowest BCUT2D eigenvalue weighted by molar-refractivity contribution is -0.137. The molecule has 0 aliphatic carbocycles. The van der Waals surface area contributed by atoms with Crippen LogP contribution in [0.4, 0.5) is 13.2 Å². The van der Waals surface area contributed by atoms with E-state index in [1.165, 1.54) is 0 Å². The minimum absolute atomic E-state index is 0.113. The van der Waals surface area contributed by atoms with Gasteiger partial charge >= 0.3 is 6.18 Å². The second-order valence-electron chi connectivity index (χ2n) is 6.96. The van der Waals surface area contributed by atoms with E-state index in [0.29, 0.717) is 45.9 Å². The van der Waals surface area contributed by atoms with Crippen molar-refractivity contribution in [2.75, 3.05) is 6.61 Å². The van der Waals surface area contributed by atoms with Crippen molar-refractivity contribution in [1.82, 2.24) is 4.98 Å². The molecule has 0 spiro atoms. The summed E-state index contributed by atoms with van der Waals surface area (Å²) in [6, 6.07) is 0. The lowest BCUT2D eigenvalue weighted by Crippen LogP contribution is -2.48. The second kappa shape index (κ2) is 8.29. The first-order chi connectivity index (χ1) is 11.0. The molecule has 140 valence electrons. The molecule has 0 amide bonds. The highest BCUT2D eigenvalue weighted by atomic mass is 32.1. The summed E-state index contributed by atoms with van der Waals surface area (Å²) in [5, 5.41) is 8.36. The molecule has 0 unspecified atom stereocenters. The van der Waals surface area contributed by atoms with Crippen molar-refractivity contribution in [3.63, 3.8) is 0 Å². The van der Waals surface area contributed by atoms with Crippen LogP contribution < -0.4 is 0 Å². The fourth-order valence-corrected chi connectivity index (χ4v) is 10.0. The van der Waals surface area contributed by atoms with Crippen molar-refractivity contribution in [3.8, 4) is 0 Å². The fraction of sp³-hybridized carbons (Fsp3) is 0.812. The zero-order valence-corrected chi connectivity index (χ0v) is 17.0. The van der Waals surface area contributed by atoms with Crippen LogP contribution in [0.1, 0.15) is 57.1 Å². The normalized spacial score (nSPS) is 13.5. The molecule has 0 bridgehead atoms. The van der Waals surface area contributed by atoms with Gasteiger partial charge in [-0.05, 0) is 16.6 Å². The van der Waals surface area contributed by atoms with E-state index >= 15 is 0 Å². The van der Waals surface area contributed by atoms with Crippen molar-refractivity contribution in [2.24, 2.45) is 0 Å². The maximum Gasteiger partial charge on any atom is 0.443 e. The standard InChI is InChI=1S/C16H28F3NO2SSi/c1-10(2)24(11(3)4,12(5)6)22-8-7-14-13(9-21)20-15(23-14)16(17,18)19/h10-12,21H,7-9H2,1-6H3. The average molecular weight is 384 g/mol. The Morgan fingerprint density at radius 3 is 1.96 bits per heavy atom. The number of nitrogens with zero attached hydrogens (tertiary/aromatic N) is 1.